The number of nitrogens with zero attached hydrogens (tertiary/aromatic N) is 1. The van der Waals surface area contributed by atoms with Gasteiger partial charge in [-0.25, -0.2) is 0 Å². The van der Waals surface area contributed by atoms with E-state index in [0.29, 0.717) is 24.1 Å². The number of carbonyl (C=O) groups is 3. The first-order chi connectivity index (χ1) is 19.1. The number of carbonyl (C=O) groups excluding carboxylic acids is 3. The van der Waals surface area contributed by atoms with Crippen molar-refractivity contribution in [3.8, 4) is 11.5 Å². The first-order valence-electron chi connectivity index (χ1n) is 14.8. The number of likely N-dealkylation sites (N-methyl/N-ethyl adjacent to an activating group) is 1. The lowest BCUT2D eigenvalue weighted by Gasteiger charge is -2.56. The van der Waals surface area contributed by atoms with E-state index in [1.807, 2.05) is 12.1 Å². The first kappa shape index (κ1) is 31.7. The number of hydrogen-bond acceptors (Lipinski definition) is 8. The molecule has 0 radical (unpaired) electrons. The van der Waals surface area contributed by atoms with Gasteiger partial charge in [-0.15, -0.1) is 0 Å². The van der Waals surface area contributed by atoms with Crippen LogP contribution in [-0.2, 0) is 35.7 Å². The van der Waals surface area contributed by atoms with E-state index in [2.05, 4.69) is 42.7 Å². The van der Waals surface area contributed by atoms with Crippen molar-refractivity contribution in [3.05, 3.63) is 35.4 Å². The van der Waals surface area contributed by atoms with E-state index < -0.39 is 6.10 Å². The van der Waals surface area contributed by atoms with Gasteiger partial charge in [-0.2, -0.15) is 0 Å². The Balaban J connectivity index is 0.000000285. The van der Waals surface area contributed by atoms with E-state index in [1.54, 1.807) is 6.92 Å². The maximum atomic E-state index is 11.7. The Hall–Kier alpha value is -2.87. The fourth-order valence-electron chi connectivity index (χ4n) is 6.62. The quantitative estimate of drug-likeness (QED) is 0.187. The summed E-state index contributed by atoms with van der Waals surface area (Å²) < 4.78 is 21.9. The Morgan fingerprint density at radius 2 is 1.68 bits per heavy atom. The van der Waals surface area contributed by atoms with E-state index in [1.165, 1.54) is 58.4 Å². The summed E-state index contributed by atoms with van der Waals surface area (Å²) in [5, 5.41) is 0. The third-order valence-electron chi connectivity index (χ3n) is 8.23. The molecule has 1 aromatic carbocycles. The third kappa shape index (κ3) is 6.70. The molecule has 2 heterocycles. The predicted molar refractivity (Wildman–Crippen MR) is 154 cm³/mol. The highest BCUT2D eigenvalue weighted by molar-refractivity contribution is 5.73. The van der Waals surface area contributed by atoms with Crippen LogP contribution in [0.15, 0.2) is 24.3 Å². The van der Waals surface area contributed by atoms with Gasteiger partial charge >= 0.3 is 17.9 Å². The molecule has 1 saturated heterocycles. The lowest BCUT2D eigenvalue weighted by atomic mass is 9.53. The van der Waals surface area contributed by atoms with Gasteiger partial charge < -0.3 is 23.8 Å². The zero-order chi connectivity index (χ0) is 29.4. The maximum Gasteiger partial charge on any atom is 0.308 e. The third-order valence-corrected chi connectivity index (χ3v) is 8.23. The Morgan fingerprint density at radius 1 is 0.975 bits per heavy atom. The lowest BCUT2D eigenvalue weighted by Crippen LogP contribution is -2.65. The minimum atomic E-state index is -0.439. The topological polar surface area (TPSA) is 91.4 Å². The molecule has 2 aliphatic carbocycles. The Labute approximate surface area is 239 Å². The molecule has 5 rings (SSSR count). The van der Waals surface area contributed by atoms with Crippen LogP contribution in [0.4, 0.5) is 0 Å². The summed E-state index contributed by atoms with van der Waals surface area (Å²) in [6.45, 7) is 11.9. The van der Waals surface area contributed by atoms with E-state index in [9.17, 15) is 14.4 Å². The van der Waals surface area contributed by atoms with E-state index >= 15 is 0 Å². The number of piperidine rings is 1. The van der Waals surface area contributed by atoms with E-state index in [4.69, 9.17) is 14.2 Å². The Kier molecular flexibility index (Phi) is 11.2. The van der Waals surface area contributed by atoms with Crippen molar-refractivity contribution < 1.29 is 33.3 Å². The van der Waals surface area contributed by atoms with E-state index in [-0.39, 0.29) is 35.3 Å². The standard InChI is InChI=1S/C21H23NO5.C7H16.C4H8O2/c1-11(23)25-16-6-4-13-10-15-14-5-7-17(26-12(2)24)20-21(14,8-9-22(15)3)18(13)19(16)27-20;1-3-5-7-6-4-2;1-3-6-4(2)5/h4-7,14-15,17,20H,8-10H2,1-3H3;3-7H2,1-2H3;3H2,1-2H3/t14-,15+,17-,20-,21-;;/m0../s1. The Bertz CT molecular complexity index is 1080. The molecule has 0 amide bonds. The second-order valence-electron chi connectivity index (χ2n) is 11.1. The monoisotopic (exact) mass is 557 g/mol. The molecule has 8 heteroatoms. The summed E-state index contributed by atoms with van der Waals surface area (Å²) in [6.07, 6.45) is 12.3. The smallest absolute Gasteiger partial charge is 0.308 e. The first-order valence-corrected chi connectivity index (χ1v) is 14.8. The molecule has 2 bridgehead atoms. The SMILES string of the molecule is CC(=O)Oc1ccc2c3c1O[C@H]1[C@@H](OC(C)=O)C=C[C@H]4[C@@H](C2)N(C)CC[C@@]341.CCCCCCC.CCOC(C)=O. The van der Waals surface area contributed by atoms with Gasteiger partial charge in [-0.05, 0) is 51.1 Å². The van der Waals surface area contributed by atoms with Gasteiger partial charge in [0, 0.05) is 43.7 Å². The van der Waals surface area contributed by atoms with Crippen LogP contribution < -0.4 is 9.47 Å². The maximum absolute atomic E-state index is 11.7. The fourth-order valence-corrected chi connectivity index (χ4v) is 6.62. The average Bonchev–Trinajstić information content (AvgIpc) is 3.24. The molecule has 8 nitrogen and oxygen atoms in total. The van der Waals surface area contributed by atoms with Crippen LogP contribution in [0.3, 0.4) is 0 Å². The molecule has 1 fully saturated rings. The van der Waals surface area contributed by atoms with Gasteiger partial charge in [-0.3, -0.25) is 14.4 Å². The molecule has 0 aromatic heterocycles. The van der Waals surface area contributed by atoms with Gasteiger partial charge in [-0.1, -0.05) is 58.1 Å². The van der Waals surface area contributed by atoms with Gasteiger partial charge in [0.2, 0.25) is 0 Å². The van der Waals surface area contributed by atoms with Crippen molar-refractivity contribution in [2.75, 3.05) is 20.2 Å². The highest BCUT2D eigenvalue weighted by atomic mass is 16.6. The fraction of sp³-hybridized carbons (Fsp3) is 0.656. The summed E-state index contributed by atoms with van der Waals surface area (Å²) >= 11 is 0. The molecule has 4 aliphatic rings. The number of likely N-dealkylation sites (tertiary alicyclic amines) is 1. The van der Waals surface area contributed by atoms with Crippen molar-refractivity contribution in [1.82, 2.24) is 4.90 Å². The minimum Gasteiger partial charge on any atom is -0.481 e. The Morgan fingerprint density at radius 3 is 2.23 bits per heavy atom. The number of rotatable bonds is 7. The van der Waals surface area contributed by atoms with Gasteiger partial charge in [0.1, 0.15) is 6.10 Å². The van der Waals surface area contributed by atoms with Crippen LogP contribution in [0.2, 0.25) is 0 Å². The number of unbranched alkanes of at least 4 members (excludes halogenated alkanes) is 4. The van der Waals surface area contributed by atoms with Crippen LogP contribution in [0.5, 0.6) is 11.5 Å². The number of esters is 3. The zero-order valence-corrected chi connectivity index (χ0v) is 25.3. The number of benzene rings is 1. The molecule has 222 valence electrons. The molecular formula is C32H47NO7. The van der Waals surface area contributed by atoms with Crippen molar-refractivity contribution in [3.63, 3.8) is 0 Å². The second kappa shape index (κ2) is 14.2. The van der Waals surface area contributed by atoms with Crippen LogP contribution in [0, 0.1) is 5.92 Å². The molecule has 0 saturated carbocycles. The highest BCUT2D eigenvalue weighted by Gasteiger charge is 2.65. The number of ether oxygens (including phenoxy) is 4. The van der Waals surface area contributed by atoms with Crippen LogP contribution in [0.1, 0.15) is 91.2 Å². The summed E-state index contributed by atoms with van der Waals surface area (Å²) in [5.74, 6) is 0.501. The van der Waals surface area contributed by atoms with E-state index in [0.717, 1.165) is 24.9 Å². The van der Waals surface area contributed by atoms with Crippen molar-refractivity contribution in [2.24, 2.45) is 5.92 Å². The van der Waals surface area contributed by atoms with Crippen LogP contribution >= 0.6 is 0 Å². The summed E-state index contributed by atoms with van der Waals surface area (Å²) in [5.41, 5.74) is 2.15. The summed E-state index contributed by atoms with van der Waals surface area (Å²) in [7, 11) is 2.17. The lowest BCUT2D eigenvalue weighted by molar-refractivity contribution is -0.152. The van der Waals surface area contributed by atoms with Crippen molar-refractivity contribution in [1.29, 1.82) is 0 Å². The summed E-state index contributed by atoms with van der Waals surface area (Å²) in [4.78, 5) is 35.5. The molecule has 1 spiro atoms. The van der Waals surface area contributed by atoms with Gasteiger partial charge in [0.05, 0.1) is 6.61 Å². The zero-order valence-electron chi connectivity index (χ0n) is 25.3. The van der Waals surface area contributed by atoms with Crippen molar-refractivity contribution in [2.45, 2.75) is 110 Å². The van der Waals surface area contributed by atoms with Gasteiger partial charge in [0.25, 0.3) is 0 Å². The largest absolute Gasteiger partial charge is 0.481 e. The second-order valence-corrected chi connectivity index (χ2v) is 11.1. The molecule has 40 heavy (non-hydrogen) atoms. The molecule has 1 aromatic rings. The van der Waals surface area contributed by atoms with Crippen LogP contribution in [0.25, 0.3) is 0 Å². The molecule has 0 unspecified atom stereocenters. The van der Waals surface area contributed by atoms with Gasteiger partial charge in [0.15, 0.2) is 17.6 Å². The molecule has 2 aliphatic heterocycles. The molecule has 5 atom stereocenters. The highest BCUT2D eigenvalue weighted by Crippen LogP contribution is 2.62. The summed E-state index contributed by atoms with van der Waals surface area (Å²) in [6, 6.07) is 4.28. The van der Waals surface area contributed by atoms with Crippen molar-refractivity contribution >= 4 is 17.9 Å². The minimum absolute atomic E-state index is 0.211. The van der Waals surface area contributed by atoms with Crippen LogP contribution in [-0.4, -0.2) is 61.3 Å². The molecular weight excluding hydrogens is 510 g/mol. The average molecular weight is 558 g/mol. The molecule has 0 N–H and O–H groups in total. The number of hydrogen-bond donors (Lipinski definition) is 0. The normalized spacial score (nSPS) is 26.6. The predicted octanol–water partition coefficient (Wildman–Crippen LogP) is 5.53.